The van der Waals surface area contributed by atoms with Crippen molar-refractivity contribution in [2.24, 2.45) is 5.73 Å². The lowest BCUT2D eigenvalue weighted by Gasteiger charge is -2.16. The molecule has 1 atom stereocenters. The van der Waals surface area contributed by atoms with Crippen LogP contribution in [0.15, 0.2) is 18.2 Å². The van der Waals surface area contributed by atoms with Gasteiger partial charge in [0.05, 0.1) is 11.6 Å². The molecule has 2 rings (SSSR count). The molecule has 1 unspecified atom stereocenters. The zero-order chi connectivity index (χ0) is 15.9. The number of hydrogen-bond acceptors (Lipinski definition) is 1. The van der Waals surface area contributed by atoms with Crippen molar-refractivity contribution in [2.75, 3.05) is 0 Å². The lowest BCUT2D eigenvalue weighted by atomic mass is 9.97. The predicted molar refractivity (Wildman–Crippen MR) is 58.6 cm³/mol. The van der Waals surface area contributed by atoms with Crippen molar-refractivity contribution < 1.29 is 30.7 Å². The summed E-state index contributed by atoms with van der Waals surface area (Å²) >= 11 is 0. The largest absolute Gasteiger partial charge is 0.320 e. The van der Waals surface area contributed by atoms with E-state index >= 15 is 0 Å². The zero-order valence-electron chi connectivity index (χ0n) is 10.0. The van der Waals surface area contributed by atoms with Gasteiger partial charge in [-0.2, -0.15) is 0 Å². The third-order valence-corrected chi connectivity index (χ3v) is 2.85. The van der Waals surface area contributed by atoms with E-state index in [2.05, 4.69) is 0 Å². The topological polar surface area (TPSA) is 26.0 Å². The van der Waals surface area contributed by atoms with Crippen LogP contribution in [-0.2, 0) is 0 Å². The maximum absolute atomic E-state index is 13.6. The van der Waals surface area contributed by atoms with Crippen molar-refractivity contribution in [3.05, 3.63) is 70.0 Å². The van der Waals surface area contributed by atoms with E-state index in [9.17, 15) is 30.7 Å². The molecule has 0 radical (unpaired) electrons. The van der Waals surface area contributed by atoms with E-state index in [1.807, 2.05) is 0 Å². The highest BCUT2D eigenvalue weighted by Gasteiger charge is 2.30. The lowest BCUT2D eigenvalue weighted by molar-refractivity contribution is 0.366. The fourth-order valence-corrected chi connectivity index (χ4v) is 1.80. The Morgan fingerprint density at radius 1 is 0.714 bits per heavy atom. The molecular weight excluding hydrogens is 303 g/mol. The Kier molecular flexibility index (Phi) is 3.91. The number of nitrogens with two attached hydrogens (primary N) is 1. The summed E-state index contributed by atoms with van der Waals surface area (Å²) in [6, 6.07) is -0.117. The van der Waals surface area contributed by atoms with Gasteiger partial charge >= 0.3 is 0 Å². The normalized spacial score (nSPS) is 12.6. The van der Waals surface area contributed by atoms with E-state index in [0.717, 1.165) is 12.1 Å². The average Bonchev–Trinajstić information content (AvgIpc) is 2.43. The van der Waals surface area contributed by atoms with Gasteiger partial charge in [0, 0.05) is 11.6 Å². The second kappa shape index (κ2) is 5.36. The van der Waals surface area contributed by atoms with E-state index in [0.29, 0.717) is 6.07 Å². The van der Waals surface area contributed by atoms with Gasteiger partial charge in [-0.15, -0.1) is 0 Å². The molecule has 2 aromatic rings. The molecule has 2 aromatic carbocycles. The van der Waals surface area contributed by atoms with Gasteiger partial charge in [-0.3, -0.25) is 0 Å². The van der Waals surface area contributed by atoms with Crippen LogP contribution in [0.25, 0.3) is 0 Å². The van der Waals surface area contributed by atoms with Crippen LogP contribution in [0, 0.1) is 40.7 Å². The third-order valence-electron chi connectivity index (χ3n) is 2.85. The first-order valence-corrected chi connectivity index (χ1v) is 5.47. The first-order chi connectivity index (χ1) is 9.75. The highest BCUT2D eigenvalue weighted by molar-refractivity contribution is 5.35. The van der Waals surface area contributed by atoms with Crippen LogP contribution in [0.1, 0.15) is 17.2 Å². The molecule has 0 aliphatic heterocycles. The van der Waals surface area contributed by atoms with Crippen LogP contribution in [0.4, 0.5) is 30.7 Å². The van der Waals surface area contributed by atoms with E-state index < -0.39 is 57.9 Å². The van der Waals surface area contributed by atoms with Gasteiger partial charge in [-0.25, -0.2) is 30.7 Å². The number of benzene rings is 2. The maximum atomic E-state index is 13.6. The lowest BCUT2D eigenvalue weighted by Crippen LogP contribution is -2.20. The summed E-state index contributed by atoms with van der Waals surface area (Å²) in [7, 11) is 0. The predicted octanol–water partition coefficient (Wildman–Crippen LogP) is 3.71. The molecule has 21 heavy (non-hydrogen) atoms. The summed E-state index contributed by atoms with van der Waals surface area (Å²) in [5, 5.41) is 0. The van der Waals surface area contributed by atoms with Crippen LogP contribution in [0.5, 0.6) is 0 Å². The summed E-state index contributed by atoms with van der Waals surface area (Å²) in [4.78, 5) is 0. The van der Waals surface area contributed by atoms with Crippen molar-refractivity contribution in [3.8, 4) is 0 Å². The van der Waals surface area contributed by atoms with Crippen LogP contribution in [0.3, 0.4) is 0 Å². The minimum atomic E-state index is -2.35. The molecule has 0 amide bonds. The Morgan fingerprint density at radius 2 is 1.19 bits per heavy atom. The smallest absolute Gasteiger partial charge is 0.200 e. The minimum absolute atomic E-state index is 0.376. The van der Waals surface area contributed by atoms with E-state index in [4.69, 9.17) is 5.73 Å². The number of halogens is 7. The Hall–Kier alpha value is -2.09. The Balaban J connectivity index is 2.66. The third kappa shape index (κ3) is 2.46. The van der Waals surface area contributed by atoms with Gasteiger partial charge in [0.2, 0.25) is 5.82 Å². The molecule has 0 aliphatic rings. The summed E-state index contributed by atoms with van der Waals surface area (Å²) in [5.74, 6) is -13.3. The summed E-state index contributed by atoms with van der Waals surface area (Å²) in [6.07, 6.45) is 0. The molecule has 8 heteroatoms. The minimum Gasteiger partial charge on any atom is -0.320 e. The molecule has 0 fully saturated rings. The standard InChI is InChI=1S/C13H6F7N/c14-4-1-2-5(6(15)3-4)13(21)7-8(16)10(18)12(20)11(19)9(7)17/h1-3,13H,21H2. The van der Waals surface area contributed by atoms with E-state index in [1.54, 1.807) is 0 Å². The van der Waals surface area contributed by atoms with Crippen LogP contribution >= 0.6 is 0 Å². The fourth-order valence-electron chi connectivity index (χ4n) is 1.80. The molecule has 0 aliphatic carbocycles. The average molecular weight is 309 g/mol. The molecule has 0 spiro atoms. The van der Waals surface area contributed by atoms with Gasteiger partial charge in [0.25, 0.3) is 0 Å². The fraction of sp³-hybridized carbons (Fsp3) is 0.0769. The molecule has 0 heterocycles. The molecule has 0 bridgehead atoms. The molecule has 1 nitrogen and oxygen atoms in total. The van der Waals surface area contributed by atoms with Crippen LogP contribution in [-0.4, -0.2) is 0 Å². The first-order valence-electron chi connectivity index (χ1n) is 5.47. The highest BCUT2D eigenvalue weighted by Crippen LogP contribution is 2.31. The van der Waals surface area contributed by atoms with Crippen molar-refractivity contribution in [3.63, 3.8) is 0 Å². The van der Waals surface area contributed by atoms with Gasteiger partial charge in [-0.05, 0) is 6.07 Å². The Bertz CT molecular complexity index is 685. The molecular formula is C13H6F7N. The molecule has 0 saturated heterocycles. The number of rotatable bonds is 2. The maximum Gasteiger partial charge on any atom is 0.200 e. The zero-order valence-corrected chi connectivity index (χ0v) is 10.0. The van der Waals surface area contributed by atoms with Gasteiger partial charge in [-0.1, -0.05) is 6.07 Å². The monoisotopic (exact) mass is 309 g/mol. The molecule has 0 saturated carbocycles. The molecule has 2 N–H and O–H groups in total. The number of hydrogen-bond donors (Lipinski definition) is 1. The van der Waals surface area contributed by atoms with Gasteiger partial charge in [0.15, 0.2) is 23.3 Å². The van der Waals surface area contributed by atoms with Crippen molar-refractivity contribution in [1.82, 2.24) is 0 Å². The second-order valence-corrected chi connectivity index (χ2v) is 4.13. The molecule has 112 valence electrons. The second-order valence-electron chi connectivity index (χ2n) is 4.13. The van der Waals surface area contributed by atoms with Crippen molar-refractivity contribution in [2.45, 2.75) is 6.04 Å². The first kappa shape index (κ1) is 15.3. The van der Waals surface area contributed by atoms with E-state index in [1.165, 1.54) is 0 Å². The van der Waals surface area contributed by atoms with Crippen molar-refractivity contribution >= 4 is 0 Å². The van der Waals surface area contributed by atoms with Crippen LogP contribution < -0.4 is 5.73 Å². The quantitative estimate of drug-likeness (QED) is 0.511. The van der Waals surface area contributed by atoms with Crippen LogP contribution in [0.2, 0.25) is 0 Å². The SMILES string of the molecule is NC(c1ccc(F)cc1F)c1c(F)c(F)c(F)c(F)c1F. The van der Waals surface area contributed by atoms with Gasteiger partial charge < -0.3 is 5.73 Å². The van der Waals surface area contributed by atoms with E-state index in [-0.39, 0.29) is 0 Å². The summed E-state index contributed by atoms with van der Waals surface area (Å²) in [6.45, 7) is 0. The van der Waals surface area contributed by atoms with Crippen molar-refractivity contribution in [1.29, 1.82) is 0 Å². The Morgan fingerprint density at radius 3 is 1.67 bits per heavy atom. The summed E-state index contributed by atoms with van der Waals surface area (Å²) in [5.41, 5.74) is 3.36. The highest BCUT2D eigenvalue weighted by atomic mass is 19.2. The summed E-state index contributed by atoms with van der Waals surface area (Å²) < 4.78 is 92.4. The van der Waals surface area contributed by atoms with Gasteiger partial charge in [0.1, 0.15) is 11.6 Å². The molecule has 0 aromatic heterocycles. The Labute approximate surface area is 113 Å².